The number of carboxylic acids is 1. The van der Waals surface area contributed by atoms with Gasteiger partial charge < -0.3 is 15.0 Å². The summed E-state index contributed by atoms with van der Waals surface area (Å²) in [4.78, 5) is 23.2. The van der Waals surface area contributed by atoms with Crippen molar-refractivity contribution in [2.45, 2.75) is 18.6 Å². The molecule has 2 N–H and O–H groups in total. The van der Waals surface area contributed by atoms with Crippen LogP contribution in [-0.4, -0.2) is 37.5 Å². The second kappa shape index (κ2) is 8.50. The first kappa shape index (κ1) is 18.7. The molecule has 0 atom stereocenters. The Morgan fingerprint density at radius 2 is 1.89 bits per heavy atom. The van der Waals surface area contributed by atoms with Gasteiger partial charge >= 0.3 is 5.97 Å². The number of anilines is 1. The highest BCUT2D eigenvalue weighted by atomic mass is 32.2. The van der Waals surface area contributed by atoms with Gasteiger partial charge in [0.25, 0.3) is 0 Å². The van der Waals surface area contributed by atoms with Crippen molar-refractivity contribution in [3.05, 3.63) is 60.2 Å². The Balaban J connectivity index is 1.66. The van der Waals surface area contributed by atoms with E-state index >= 15 is 0 Å². The molecule has 0 saturated heterocycles. The smallest absolute Gasteiger partial charge is 0.335 e. The van der Waals surface area contributed by atoms with Crippen LogP contribution >= 0.6 is 11.8 Å². The van der Waals surface area contributed by atoms with E-state index in [9.17, 15) is 9.59 Å². The van der Waals surface area contributed by atoms with Gasteiger partial charge in [0, 0.05) is 17.8 Å². The predicted molar refractivity (Wildman–Crippen MR) is 104 cm³/mol. The zero-order valence-electron chi connectivity index (χ0n) is 14.6. The molecule has 0 fully saturated rings. The van der Waals surface area contributed by atoms with Crippen LogP contribution in [0.1, 0.15) is 17.3 Å². The second-order valence-electron chi connectivity index (χ2n) is 5.64. The number of aromatic carboxylic acids is 1. The normalized spacial score (nSPS) is 10.6. The van der Waals surface area contributed by atoms with E-state index in [-0.39, 0.29) is 17.2 Å². The fourth-order valence-electron chi connectivity index (χ4n) is 2.54. The van der Waals surface area contributed by atoms with Gasteiger partial charge in [-0.05, 0) is 25.1 Å². The first-order chi connectivity index (χ1) is 13.1. The van der Waals surface area contributed by atoms with Crippen LogP contribution in [0.5, 0.6) is 0 Å². The number of nitrogens with zero attached hydrogens (tertiary/aromatic N) is 3. The number of thioether (sulfide) groups is 1. The Morgan fingerprint density at radius 1 is 1.11 bits per heavy atom. The van der Waals surface area contributed by atoms with Gasteiger partial charge in [0.1, 0.15) is 0 Å². The molecule has 0 bridgehead atoms. The van der Waals surface area contributed by atoms with Crippen molar-refractivity contribution in [3.63, 3.8) is 0 Å². The first-order valence-corrected chi connectivity index (χ1v) is 9.31. The van der Waals surface area contributed by atoms with Gasteiger partial charge in [0.15, 0.2) is 11.0 Å². The molecule has 3 aromatic rings. The first-order valence-electron chi connectivity index (χ1n) is 8.33. The van der Waals surface area contributed by atoms with E-state index in [1.165, 1.54) is 23.9 Å². The van der Waals surface area contributed by atoms with Crippen LogP contribution < -0.4 is 5.32 Å². The van der Waals surface area contributed by atoms with Crippen molar-refractivity contribution in [1.82, 2.24) is 14.8 Å². The van der Waals surface area contributed by atoms with Crippen LogP contribution in [0, 0.1) is 0 Å². The summed E-state index contributed by atoms with van der Waals surface area (Å²) in [6.45, 7) is 2.68. The van der Waals surface area contributed by atoms with Crippen molar-refractivity contribution in [2.75, 3.05) is 11.1 Å². The van der Waals surface area contributed by atoms with Crippen molar-refractivity contribution < 1.29 is 14.7 Å². The third-order valence-corrected chi connectivity index (χ3v) is 4.76. The highest BCUT2D eigenvalue weighted by Gasteiger charge is 2.14. The van der Waals surface area contributed by atoms with Gasteiger partial charge in [0.2, 0.25) is 5.91 Å². The lowest BCUT2D eigenvalue weighted by atomic mass is 10.2. The minimum atomic E-state index is -1.04. The predicted octanol–water partition coefficient (Wildman–Crippen LogP) is 3.39. The molecule has 3 rings (SSSR count). The Bertz CT molecular complexity index is 957. The van der Waals surface area contributed by atoms with Crippen LogP contribution in [0.25, 0.3) is 11.4 Å². The van der Waals surface area contributed by atoms with E-state index in [4.69, 9.17) is 5.11 Å². The van der Waals surface area contributed by atoms with Gasteiger partial charge in [-0.25, -0.2) is 4.79 Å². The van der Waals surface area contributed by atoms with Crippen molar-refractivity contribution >= 4 is 29.3 Å². The number of amides is 1. The van der Waals surface area contributed by atoms with E-state index in [1.807, 2.05) is 41.8 Å². The lowest BCUT2D eigenvalue weighted by Gasteiger charge is -2.08. The number of hydrogen-bond acceptors (Lipinski definition) is 5. The molecule has 0 saturated carbocycles. The standard InChI is InChI=1S/C19H18N4O3S/c1-2-23-17(13-7-4-3-5-8-13)21-22-19(23)27-12-16(24)20-15-10-6-9-14(11-15)18(25)26/h3-11H,2,12H2,1H3,(H,20,24)(H,25,26). The lowest BCUT2D eigenvalue weighted by Crippen LogP contribution is -2.15. The van der Waals surface area contributed by atoms with Gasteiger partial charge in [-0.3, -0.25) is 4.79 Å². The third-order valence-electron chi connectivity index (χ3n) is 3.79. The van der Waals surface area contributed by atoms with E-state index in [0.29, 0.717) is 17.4 Å². The third kappa shape index (κ3) is 4.53. The minimum Gasteiger partial charge on any atom is -0.478 e. The number of carboxylic acid groups (broad SMARTS) is 1. The van der Waals surface area contributed by atoms with Crippen LogP contribution in [0.3, 0.4) is 0 Å². The molecular formula is C19H18N4O3S. The summed E-state index contributed by atoms with van der Waals surface area (Å²) in [5.74, 6) is -0.376. The molecule has 138 valence electrons. The van der Waals surface area contributed by atoms with Gasteiger partial charge in [0.05, 0.1) is 11.3 Å². The van der Waals surface area contributed by atoms with Gasteiger partial charge in [-0.15, -0.1) is 10.2 Å². The minimum absolute atomic E-state index is 0.124. The maximum atomic E-state index is 12.2. The SMILES string of the molecule is CCn1c(SCC(=O)Nc2cccc(C(=O)O)c2)nnc1-c1ccccc1. The number of rotatable bonds is 7. The lowest BCUT2D eigenvalue weighted by molar-refractivity contribution is -0.113. The summed E-state index contributed by atoms with van der Waals surface area (Å²) in [6.07, 6.45) is 0. The quantitative estimate of drug-likeness (QED) is 0.608. The molecular weight excluding hydrogens is 364 g/mol. The molecule has 1 heterocycles. The van der Waals surface area contributed by atoms with Crippen molar-refractivity contribution in [2.24, 2.45) is 0 Å². The molecule has 1 amide bonds. The molecule has 0 spiro atoms. The molecule has 0 aliphatic carbocycles. The number of hydrogen-bond donors (Lipinski definition) is 2. The molecule has 0 radical (unpaired) electrons. The highest BCUT2D eigenvalue weighted by Crippen LogP contribution is 2.24. The molecule has 8 heteroatoms. The van der Waals surface area contributed by atoms with Crippen molar-refractivity contribution in [3.8, 4) is 11.4 Å². The highest BCUT2D eigenvalue weighted by molar-refractivity contribution is 7.99. The Morgan fingerprint density at radius 3 is 2.59 bits per heavy atom. The zero-order valence-corrected chi connectivity index (χ0v) is 15.4. The second-order valence-corrected chi connectivity index (χ2v) is 6.58. The Labute approximate surface area is 160 Å². The molecule has 0 aliphatic heterocycles. The maximum Gasteiger partial charge on any atom is 0.335 e. The van der Waals surface area contributed by atoms with E-state index in [0.717, 1.165) is 11.4 Å². The zero-order chi connectivity index (χ0) is 19.2. The van der Waals surface area contributed by atoms with Crippen LogP contribution in [0.2, 0.25) is 0 Å². The number of aromatic nitrogens is 3. The average molecular weight is 382 g/mol. The molecule has 7 nitrogen and oxygen atoms in total. The number of carbonyl (C=O) groups is 2. The van der Waals surface area contributed by atoms with Crippen LogP contribution in [0.4, 0.5) is 5.69 Å². The van der Waals surface area contributed by atoms with Gasteiger partial charge in [-0.2, -0.15) is 0 Å². The van der Waals surface area contributed by atoms with Gasteiger partial charge in [-0.1, -0.05) is 48.2 Å². The summed E-state index contributed by atoms with van der Waals surface area (Å²) >= 11 is 1.29. The number of benzene rings is 2. The van der Waals surface area contributed by atoms with Crippen molar-refractivity contribution in [1.29, 1.82) is 0 Å². The van der Waals surface area contributed by atoms with E-state index in [1.54, 1.807) is 12.1 Å². The Hall–Kier alpha value is -3.13. The summed E-state index contributed by atoms with van der Waals surface area (Å²) in [6, 6.07) is 15.9. The molecule has 2 aromatic carbocycles. The maximum absolute atomic E-state index is 12.2. The molecule has 1 aromatic heterocycles. The summed E-state index contributed by atoms with van der Waals surface area (Å²) in [5, 5.41) is 20.8. The Kier molecular flexibility index (Phi) is 5.87. The topological polar surface area (TPSA) is 97.1 Å². The molecule has 0 aliphatic rings. The van der Waals surface area contributed by atoms with Crippen LogP contribution in [0.15, 0.2) is 59.8 Å². The largest absolute Gasteiger partial charge is 0.478 e. The van der Waals surface area contributed by atoms with E-state index in [2.05, 4.69) is 15.5 Å². The summed E-state index contributed by atoms with van der Waals surface area (Å²) < 4.78 is 1.96. The average Bonchev–Trinajstić information content (AvgIpc) is 3.10. The number of nitrogens with one attached hydrogen (secondary N) is 1. The fourth-order valence-corrected chi connectivity index (χ4v) is 3.34. The van der Waals surface area contributed by atoms with Crippen LogP contribution in [-0.2, 0) is 11.3 Å². The summed E-state index contributed by atoms with van der Waals surface area (Å²) in [5.41, 5.74) is 1.54. The van der Waals surface area contributed by atoms with E-state index < -0.39 is 5.97 Å². The fraction of sp³-hybridized carbons (Fsp3) is 0.158. The monoisotopic (exact) mass is 382 g/mol. The molecule has 0 unspecified atom stereocenters. The summed E-state index contributed by atoms with van der Waals surface area (Å²) in [7, 11) is 0. The molecule has 27 heavy (non-hydrogen) atoms. The number of carbonyl (C=O) groups excluding carboxylic acids is 1.